The van der Waals surface area contributed by atoms with Gasteiger partial charge in [0.15, 0.2) is 17.3 Å². The Morgan fingerprint density at radius 3 is 2.58 bits per heavy atom. The predicted molar refractivity (Wildman–Crippen MR) is 99.1 cm³/mol. The summed E-state index contributed by atoms with van der Waals surface area (Å²) < 4.78 is 16.7. The minimum atomic E-state index is -0.0462. The van der Waals surface area contributed by atoms with E-state index in [-0.39, 0.29) is 5.78 Å². The Kier molecular flexibility index (Phi) is 4.52. The molecule has 0 aliphatic carbocycles. The van der Waals surface area contributed by atoms with Crippen LogP contribution >= 0.6 is 0 Å². The van der Waals surface area contributed by atoms with Gasteiger partial charge >= 0.3 is 0 Å². The first-order valence-corrected chi connectivity index (χ1v) is 8.81. The highest BCUT2D eigenvalue weighted by molar-refractivity contribution is 6.08. The van der Waals surface area contributed by atoms with Crippen molar-refractivity contribution in [2.24, 2.45) is 0 Å². The molecule has 0 aromatic heterocycles. The Morgan fingerprint density at radius 1 is 1.12 bits per heavy atom. The van der Waals surface area contributed by atoms with Crippen molar-refractivity contribution in [3.63, 3.8) is 0 Å². The van der Waals surface area contributed by atoms with Gasteiger partial charge in [-0.1, -0.05) is 0 Å². The molecule has 0 saturated heterocycles. The molecule has 2 aromatic carbocycles. The molecule has 4 rings (SSSR count). The molecular weight excluding hydrogens is 330 g/mol. The molecule has 1 N–H and O–H groups in total. The number of nitrogens with one attached hydrogen (secondary N) is 1. The summed E-state index contributed by atoms with van der Waals surface area (Å²) in [4.78, 5) is 12.7. The van der Waals surface area contributed by atoms with Crippen molar-refractivity contribution in [2.45, 2.75) is 12.8 Å². The van der Waals surface area contributed by atoms with Crippen LogP contribution in [-0.2, 0) is 6.42 Å². The van der Waals surface area contributed by atoms with Crippen LogP contribution in [0.25, 0.3) is 5.70 Å². The first kappa shape index (κ1) is 16.5. The molecular formula is C21H21NO4. The van der Waals surface area contributed by atoms with E-state index in [1.165, 1.54) is 5.56 Å². The summed E-state index contributed by atoms with van der Waals surface area (Å²) in [7, 11) is 1.61. The quantitative estimate of drug-likeness (QED) is 0.680. The van der Waals surface area contributed by atoms with Gasteiger partial charge in [-0.15, -0.1) is 0 Å². The Hall–Kier alpha value is -2.95. The molecule has 134 valence electrons. The number of carbonyl (C=O) groups is 1. The maximum atomic E-state index is 12.7. The van der Waals surface area contributed by atoms with Gasteiger partial charge in [-0.25, -0.2) is 0 Å². The number of benzene rings is 2. The van der Waals surface area contributed by atoms with Gasteiger partial charge in [0, 0.05) is 35.9 Å². The van der Waals surface area contributed by atoms with E-state index < -0.39 is 0 Å². The van der Waals surface area contributed by atoms with Gasteiger partial charge in [0.25, 0.3) is 0 Å². The summed E-state index contributed by atoms with van der Waals surface area (Å²) in [6.45, 7) is 2.10. The summed E-state index contributed by atoms with van der Waals surface area (Å²) >= 11 is 0. The molecule has 2 aliphatic rings. The van der Waals surface area contributed by atoms with Gasteiger partial charge in [0.05, 0.1) is 20.3 Å². The number of rotatable bonds is 3. The summed E-state index contributed by atoms with van der Waals surface area (Å²) in [6, 6.07) is 11.2. The normalized spacial score (nSPS) is 17.0. The van der Waals surface area contributed by atoms with E-state index in [2.05, 4.69) is 5.32 Å². The van der Waals surface area contributed by atoms with E-state index in [0.717, 1.165) is 47.9 Å². The molecule has 5 nitrogen and oxygen atoms in total. The van der Waals surface area contributed by atoms with Crippen molar-refractivity contribution in [2.75, 3.05) is 26.9 Å². The highest BCUT2D eigenvalue weighted by atomic mass is 16.5. The zero-order valence-electron chi connectivity index (χ0n) is 14.7. The van der Waals surface area contributed by atoms with Gasteiger partial charge in [0.1, 0.15) is 5.75 Å². The number of methoxy groups -OCH3 is 1. The topological polar surface area (TPSA) is 56.8 Å². The SMILES string of the molecule is COc1ccc(C(=O)/C=C2\NCCc3cc4c(cc32)OCCCO4)cc1. The molecule has 0 fully saturated rings. The molecule has 2 aromatic rings. The van der Waals surface area contributed by atoms with Crippen molar-refractivity contribution in [1.82, 2.24) is 5.32 Å². The maximum absolute atomic E-state index is 12.7. The van der Waals surface area contributed by atoms with Crippen LogP contribution in [0, 0.1) is 0 Å². The molecule has 26 heavy (non-hydrogen) atoms. The highest BCUT2D eigenvalue weighted by Crippen LogP contribution is 2.36. The Balaban J connectivity index is 1.67. The van der Waals surface area contributed by atoms with E-state index >= 15 is 0 Å². The van der Waals surface area contributed by atoms with Gasteiger partial charge in [0.2, 0.25) is 0 Å². The van der Waals surface area contributed by atoms with Crippen LogP contribution < -0.4 is 19.5 Å². The second-order valence-electron chi connectivity index (χ2n) is 6.33. The first-order valence-electron chi connectivity index (χ1n) is 8.81. The highest BCUT2D eigenvalue weighted by Gasteiger charge is 2.20. The molecule has 0 saturated carbocycles. The number of carbonyl (C=O) groups excluding carboxylic acids is 1. The average Bonchev–Trinajstić information content (AvgIpc) is 2.91. The fourth-order valence-corrected chi connectivity index (χ4v) is 3.23. The second-order valence-corrected chi connectivity index (χ2v) is 6.33. The molecule has 5 heteroatoms. The fourth-order valence-electron chi connectivity index (χ4n) is 3.23. The lowest BCUT2D eigenvalue weighted by Crippen LogP contribution is -2.23. The van der Waals surface area contributed by atoms with Gasteiger partial charge in [-0.05, 0) is 48.4 Å². The number of allylic oxidation sites excluding steroid dienone is 1. The second kappa shape index (κ2) is 7.12. The third-order valence-corrected chi connectivity index (χ3v) is 4.62. The van der Waals surface area contributed by atoms with E-state index in [1.54, 1.807) is 37.5 Å². The predicted octanol–water partition coefficient (Wildman–Crippen LogP) is 3.23. The minimum absolute atomic E-state index is 0.0462. The van der Waals surface area contributed by atoms with Crippen LogP contribution in [0.1, 0.15) is 27.9 Å². The van der Waals surface area contributed by atoms with Crippen LogP contribution in [0.15, 0.2) is 42.5 Å². The Labute approximate surface area is 152 Å². The molecule has 0 radical (unpaired) electrons. The molecule has 0 amide bonds. The number of fused-ring (bicyclic) bond motifs is 2. The van der Waals surface area contributed by atoms with E-state index in [9.17, 15) is 4.79 Å². The molecule has 2 aliphatic heterocycles. The van der Waals surface area contributed by atoms with Crippen molar-refractivity contribution in [3.8, 4) is 17.2 Å². The molecule has 0 atom stereocenters. The van der Waals surface area contributed by atoms with Crippen LogP contribution in [0.5, 0.6) is 17.2 Å². The van der Waals surface area contributed by atoms with E-state index in [4.69, 9.17) is 14.2 Å². The van der Waals surface area contributed by atoms with E-state index in [0.29, 0.717) is 18.8 Å². The summed E-state index contributed by atoms with van der Waals surface area (Å²) in [6.07, 6.45) is 3.42. The maximum Gasteiger partial charge on any atom is 0.187 e. The van der Waals surface area contributed by atoms with Gasteiger partial charge in [-0.2, -0.15) is 0 Å². The lowest BCUT2D eigenvalue weighted by Gasteiger charge is -2.23. The van der Waals surface area contributed by atoms with Crippen molar-refractivity contribution >= 4 is 11.5 Å². The number of ketones is 1. The van der Waals surface area contributed by atoms with Crippen molar-refractivity contribution in [1.29, 1.82) is 0 Å². The van der Waals surface area contributed by atoms with Crippen molar-refractivity contribution < 1.29 is 19.0 Å². The average molecular weight is 351 g/mol. The van der Waals surface area contributed by atoms with Crippen LogP contribution in [0.3, 0.4) is 0 Å². The first-order chi connectivity index (χ1) is 12.7. The summed E-state index contributed by atoms with van der Waals surface area (Å²) in [5.41, 5.74) is 3.62. The van der Waals surface area contributed by atoms with Crippen molar-refractivity contribution in [3.05, 3.63) is 59.2 Å². The van der Waals surface area contributed by atoms with Gasteiger partial charge in [-0.3, -0.25) is 4.79 Å². The Morgan fingerprint density at radius 2 is 1.85 bits per heavy atom. The molecule has 0 bridgehead atoms. The molecule has 2 heterocycles. The largest absolute Gasteiger partial charge is 0.497 e. The third kappa shape index (κ3) is 3.25. The Bertz CT molecular complexity index is 855. The van der Waals surface area contributed by atoms with Crippen LogP contribution in [-0.4, -0.2) is 32.7 Å². The monoisotopic (exact) mass is 351 g/mol. The standard InChI is InChI=1S/C21H21NO4/c1-24-16-5-3-14(4-6-16)19(23)13-18-17-12-21-20(25-9-2-10-26-21)11-15(17)7-8-22-18/h3-6,11-13,22H,2,7-10H2,1H3/b18-13-. The fraction of sp³-hybridized carbons (Fsp3) is 0.286. The van der Waals surface area contributed by atoms with Crippen LogP contribution in [0.4, 0.5) is 0 Å². The lowest BCUT2D eigenvalue weighted by molar-refractivity contribution is 0.104. The lowest BCUT2D eigenvalue weighted by atomic mass is 9.95. The smallest absolute Gasteiger partial charge is 0.187 e. The molecule has 0 spiro atoms. The summed E-state index contributed by atoms with van der Waals surface area (Å²) in [5, 5.41) is 3.34. The molecule has 0 unspecified atom stereocenters. The minimum Gasteiger partial charge on any atom is -0.497 e. The number of hydrogen-bond acceptors (Lipinski definition) is 5. The summed E-state index contributed by atoms with van der Waals surface area (Å²) in [5.74, 6) is 2.22. The van der Waals surface area contributed by atoms with E-state index in [1.807, 2.05) is 12.1 Å². The number of hydrogen-bond donors (Lipinski definition) is 1. The number of ether oxygens (including phenoxy) is 3. The zero-order valence-corrected chi connectivity index (χ0v) is 14.7. The van der Waals surface area contributed by atoms with Gasteiger partial charge < -0.3 is 19.5 Å². The third-order valence-electron chi connectivity index (χ3n) is 4.62. The van der Waals surface area contributed by atoms with Crippen LogP contribution in [0.2, 0.25) is 0 Å². The zero-order chi connectivity index (χ0) is 17.9.